The first kappa shape index (κ1) is 20.1. The van der Waals surface area contributed by atoms with Crippen molar-refractivity contribution < 1.29 is 14.9 Å². The largest absolute Gasteiger partial charge is 0.488 e. The first-order valence-corrected chi connectivity index (χ1v) is 8.94. The van der Waals surface area contributed by atoms with Crippen LogP contribution in [0.4, 0.5) is 0 Å². The van der Waals surface area contributed by atoms with Gasteiger partial charge >= 0.3 is 0 Å². The topological polar surface area (TPSA) is 108 Å². The molecule has 7 nitrogen and oxygen atoms in total. The zero-order chi connectivity index (χ0) is 20.4. The van der Waals surface area contributed by atoms with Crippen LogP contribution >= 0.6 is 23.2 Å². The van der Waals surface area contributed by atoms with Crippen LogP contribution in [0.1, 0.15) is 11.3 Å². The minimum atomic E-state index is -1.09. The van der Waals surface area contributed by atoms with Gasteiger partial charge in [-0.15, -0.1) is 0 Å². The molecular formula is C19H15Cl2N3O4. The van der Waals surface area contributed by atoms with Crippen LogP contribution in [0.5, 0.6) is 5.75 Å². The van der Waals surface area contributed by atoms with Gasteiger partial charge in [0.05, 0.1) is 57.3 Å². The summed E-state index contributed by atoms with van der Waals surface area (Å²) in [6, 6.07) is 6.36. The summed E-state index contributed by atoms with van der Waals surface area (Å²) >= 11 is 12.7. The van der Waals surface area contributed by atoms with E-state index in [1.807, 2.05) is 6.07 Å². The Morgan fingerprint density at radius 2 is 1.96 bits per heavy atom. The van der Waals surface area contributed by atoms with Crippen molar-refractivity contribution in [3.8, 4) is 17.5 Å². The number of pyridine rings is 2. The van der Waals surface area contributed by atoms with Crippen molar-refractivity contribution in [3.63, 3.8) is 0 Å². The smallest absolute Gasteiger partial charge is 0.193 e. The van der Waals surface area contributed by atoms with Crippen LogP contribution in [0, 0.1) is 18.3 Å². The molecule has 3 rings (SSSR count). The molecule has 0 saturated carbocycles. The van der Waals surface area contributed by atoms with Crippen LogP contribution in [0.15, 0.2) is 35.4 Å². The van der Waals surface area contributed by atoms with E-state index in [1.165, 1.54) is 30.6 Å². The van der Waals surface area contributed by atoms with E-state index < -0.39 is 12.7 Å². The number of aliphatic hydroxyl groups is 2. The van der Waals surface area contributed by atoms with E-state index in [0.29, 0.717) is 22.5 Å². The maximum absolute atomic E-state index is 12.6. The summed E-state index contributed by atoms with van der Waals surface area (Å²) in [5.74, 6) is 0.157. The SMILES string of the molecule is Cc1cc(=O)c2c(OCC(O)CO)cncc2n1-c1c(Cl)cc(C#N)cc1Cl. The minimum Gasteiger partial charge on any atom is -0.488 e. The lowest BCUT2D eigenvalue weighted by atomic mass is 10.1. The lowest BCUT2D eigenvalue weighted by Gasteiger charge is -2.19. The van der Waals surface area contributed by atoms with Crippen molar-refractivity contribution in [1.29, 1.82) is 5.26 Å². The molecule has 0 fully saturated rings. The Bertz CT molecular complexity index is 1130. The number of rotatable bonds is 5. The Morgan fingerprint density at radius 1 is 1.29 bits per heavy atom. The van der Waals surface area contributed by atoms with Gasteiger partial charge in [0.2, 0.25) is 0 Å². The molecule has 1 unspecified atom stereocenters. The molecule has 0 aliphatic carbocycles. The van der Waals surface area contributed by atoms with Crippen molar-refractivity contribution in [1.82, 2.24) is 9.55 Å². The summed E-state index contributed by atoms with van der Waals surface area (Å²) in [6.45, 7) is 1.04. The second kappa shape index (κ2) is 8.17. The molecule has 2 aromatic heterocycles. The second-order valence-corrected chi connectivity index (χ2v) is 6.88. The number of fused-ring (bicyclic) bond motifs is 1. The maximum atomic E-state index is 12.6. The van der Waals surface area contributed by atoms with Gasteiger partial charge in [0, 0.05) is 11.8 Å². The Kier molecular flexibility index (Phi) is 5.87. The number of nitrogens with zero attached hydrogens (tertiary/aromatic N) is 3. The van der Waals surface area contributed by atoms with E-state index >= 15 is 0 Å². The summed E-state index contributed by atoms with van der Waals surface area (Å²) in [5.41, 5.74) is 1.36. The zero-order valence-electron chi connectivity index (χ0n) is 14.7. The Morgan fingerprint density at radius 3 is 2.57 bits per heavy atom. The number of halogens is 2. The number of aromatic nitrogens is 2. The zero-order valence-corrected chi connectivity index (χ0v) is 16.2. The molecule has 0 radical (unpaired) electrons. The van der Waals surface area contributed by atoms with Crippen molar-refractivity contribution in [2.45, 2.75) is 13.0 Å². The van der Waals surface area contributed by atoms with Crippen molar-refractivity contribution in [2.24, 2.45) is 0 Å². The highest BCUT2D eigenvalue weighted by Gasteiger charge is 2.18. The predicted molar refractivity (Wildman–Crippen MR) is 105 cm³/mol. The summed E-state index contributed by atoms with van der Waals surface area (Å²) in [4.78, 5) is 16.8. The molecular weight excluding hydrogens is 405 g/mol. The van der Waals surface area contributed by atoms with Gasteiger partial charge in [-0.3, -0.25) is 9.78 Å². The van der Waals surface area contributed by atoms with Crippen molar-refractivity contribution >= 4 is 34.1 Å². The third-order valence-corrected chi connectivity index (χ3v) is 4.66. The second-order valence-electron chi connectivity index (χ2n) is 6.06. The van der Waals surface area contributed by atoms with Crippen LogP contribution < -0.4 is 10.2 Å². The molecule has 0 bridgehead atoms. The standard InChI is InChI=1S/C19H15Cl2N3O4/c1-10-2-16(27)18-15(6-23-7-17(18)28-9-12(26)8-25)24(10)19-13(20)3-11(5-22)4-14(19)21/h2-4,6-7,12,25-26H,8-9H2,1H3. The lowest BCUT2D eigenvalue weighted by molar-refractivity contribution is 0.0540. The number of hydrogen-bond donors (Lipinski definition) is 2. The molecule has 1 atom stereocenters. The number of aryl methyl sites for hydroxylation is 1. The van der Waals surface area contributed by atoms with Gasteiger partial charge in [-0.25, -0.2) is 0 Å². The number of hydrogen-bond acceptors (Lipinski definition) is 6. The van der Waals surface area contributed by atoms with Crippen molar-refractivity contribution in [3.05, 3.63) is 62.1 Å². The van der Waals surface area contributed by atoms with Crippen LogP contribution in [0.2, 0.25) is 10.0 Å². The van der Waals surface area contributed by atoms with Crippen LogP contribution in [-0.2, 0) is 0 Å². The van der Waals surface area contributed by atoms with Crippen LogP contribution in [0.25, 0.3) is 16.6 Å². The monoisotopic (exact) mass is 419 g/mol. The molecule has 1 aromatic carbocycles. The lowest BCUT2D eigenvalue weighted by Crippen LogP contribution is -2.22. The molecule has 0 saturated heterocycles. The first-order valence-electron chi connectivity index (χ1n) is 8.19. The van der Waals surface area contributed by atoms with Gasteiger partial charge in [0.15, 0.2) is 11.2 Å². The third kappa shape index (κ3) is 3.68. The van der Waals surface area contributed by atoms with Gasteiger partial charge in [-0.05, 0) is 19.1 Å². The average molecular weight is 420 g/mol. The molecule has 3 aromatic rings. The van der Waals surface area contributed by atoms with Gasteiger partial charge in [-0.2, -0.15) is 5.26 Å². The number of ether oxygens (including phenoxy) is 1. The fourth-order valence-corrected chi connectivity index (χ4v) is 3.51. The summed E-state index contributed by atoms with van der Waals surface area (Å²) in [5, 5.41) is 28.3. The van der Waals surface area contributed by atoms with Gasteiger partial charge in [0.1, 0.15) is 12.7 Å². The quantitative estimate of drug-likeness (QED) is 0.657. The fraction of sp³-hybridized carbons (Fsp3) is 0.211. The molecule has 144 valence electrons. The van der Waals surface area contributed by atoms with E-state index in [0.717, 1.165) is 0 Å². The van der Waals surface area contributed by atoms with Gasteiger partial charge in [-0.1, -0.05) is 23.2 Å². The van der Waals surface area contributed by atoms with Crippen LogP contribution in [-0.4, -0.2) is 39.1 Å². The number of nitriles is 1. The summed E-state index contributed by atoms with van der Waals surface area (Å²) < 4.78 is 7.14. The fourth-order valence-electron chi connectivity index (χ4n) is 2.85. The maximum Gasteiger partial charge on any atom is 0.193 e. The molecule has 2 N–H and O–H groups in total. The van der Waals surface area contributed by atoms with E-state index in [4.69, 9.17) is 38.3 Å². The highest BCUT2D eigenvalue weighted by Crippen LogP contribution is 2.34. The third-order valence-electron chi connectivity index (χ3n) is 4.08. The molecule has 0 aliphatic rings. The Labute approximate surface area is 170 Å². The Hall–Kier alpha value is -2.63. The first-order chi connectivity index (χ1) is 13.4. The van der Waals surface area contributed by atoms with Crippen LogP contribution in [0.3, 0.4) is 0 Å². The minimum absolute atomic E-state index is 0.157. The normalized spacial score (nSPS) is 12.0. The summed E-state index contributed by atoms with van der Waals surface area (Å²) in [7, 11) is 0. The van der Waals surface area contributed by atoms with E-state index in [1.54, 1.807) is 11.5 Å². The molecule has 0 spiro atoms. The number of aliphatic hydroxyl groups excluding tert-OH is 2. The average Bonchev–Trinajstić information content (AvgIpc) is 2.67. The highest BCUT2D eigenvalue weighted by molar-refractivity contribution is 6.38. The molecule has 28 heavy (non-hydrogen) atoms. The van der Waals surface area contributed by atoms with Gasteiger partial charge in [0.25, 0.3) is 0 Å². The van der Waals surface area contributed by atoms with Crippen molar-refractivity contribution in [2.75, 3.05) is 13.2 Å². The molecule has 0 aliphatic heterocycles. The Balaban J connectivity index is 2.29. The summed E-state index contributed by atoms with van der Waals surface area (Å²) in [6.07, 6.45) is 1.74. The number of benzene rings is 1. The van der Waals surface area contributed by atoms with Gasteiger partial charge < -0.3 is 19.5 Å². The highest BCUT2D eigenvalue weighted by atomic mass is 35.5. The van der Waals surface area contributed by atoms with E-state index in [-0.39, 0.29) is 33.2 Å². The molecule has 9 heteroatoms. The predicted octanol–water partition coefficient (Wildman–Crippen LogP) is 2.60. The van der Waals surface area contributed by atoms with E-state index in [9.17, 15) is 9.90 Å². The molecule has 0 amide bonds. The van der Waals surface area contributed by atoms with E-state index in [2.05, 4.69) is 4.98 Å². The molecule has 2 heterocycles.